The minimum atomic E-state index is 0.838. The lowest BCUT2D eigenvalue weighted by Crippen LogP contribution is -2.27. The number of nitrogens with zero attached hydrogens (tertiary/aromatic N) is 2. The molecule has 4 heteroatoms. The summed E-state index contributed by atoms with van der Waals surface area (Å²) >= 11 is 3.37. The van der Waals surface area contributed by atoms with Gasteiger partial charge in [-0.05, 0) is 48.0 Å². The minimum absolute atomic E-state index is 0.838. The number of pyridine rings is 1. The summed E-state index contributed by atoms with van der Waals surface area (Å²) in [6, 6.07) is 4.82. The molecule has 0 bridgehead atoms. The number of rotatable bonds is 5. The van der Waals surface area contributed by atoms with Crippen molar-refractivity contribution in [3.05, 3.63) is 22.8 Å². The number of aromatic nitrogens is 1. The molecular weight excluding hydrogens is 254 g/mol. The van der Waals surface area contributed by atoms with Crippen LogP contribution in [0, 0.1) is 0 Å². The van der Waals surface area contributed by atoms with E-state index in [2.05, 4.69) is 38.2 Å². The molecule has 0 atom stereocenters. The van der Waals surface area contributed by atoms with Gasteiger partial charge in [0.2, 0.25) is 0 Å². The molecule has 1 aliphatic carbocycles. The Morgan fingerprint density at radius 1 is 1.53 bits per heavy atom. The highest BCUT2D eigenvalue weighted by molar-refractivity contribution is 9.10. The summed E-state index contributed by atoms with van der Waals surface area (Å²) in [5.41, 5.74) is 0. The van der Waals surface area contributed by atoms with E-state index in [1.165, 1.54) is 12.8 Å². The summed E-state index contributed by atoms with van der Waals surface area (Å²) in [5.74, 6) is 0.947. The zero-order valence-corrected chi connectivity index (χ0v) is 10.5. The Morgan fingerprint density at radius 3 is 2.93 bits per heavy atom. The van der Waals surface area contributed by atoms with Gasteiger partial charge in [0, 0.05) is 29.8 Å². The van der Waals surface area contributed by atoms with Crippen LogP contribution in [0.2, 0.25) is 0 Å². The first-order chi connectivity index (χ1) is 7.25. The Labute approximate surface area is 99.0 Å². The van der Waals surface area contributed by atoms with Gasteiger partial charge in [-0.1, -0.05) is 0 Å². The molecule has 1 aromatic heterocycles. The fourth-order valence-electron chi connectivity index (χ4n) is 1.54. The highest BCUT2D eigenvalue weighted by Crippen LogP contribution is 2.24. The molecule has 3 nitrogen and oxygen atoms in total. The maximum Gasteiger partial charge on any atom is 0.126 e. The maximum absolute atomic E-state index is 4.26. The number of nitrogens with one attached hydrogen (secondary N) is 1. The van der Waals surface area contributed by atoms with E-state index < -0.39 is 0 Å². The van der Waals surface area contributed by atoms with Gasteiger partial charge in [0.25, 0.3) is 0 Å². The Morgan fingerprint density at radius 2 is 2.33 bits per heavy atom. The monoisotopic (exact) mass is 269 g/mol. The van der Waals surface area contributed by atoms with Crippen molar-refractivity contribution < 1.29 is 0 Å². The summed E-state index contributed by atoms with van der Waals surface area (Å²) in [6.45, 7) is 2.05. The quantitative estimate of drug-likeness (QED) is 0.890. The van der Waals surface area contributed by atoms with Crippen LogP contribution in [0.5, 0.6) is 0 Å². The molecule has 1 saturated carbocycles. The van der Waals surface area contributed by atoms with E-state index in [0.29, 0.717) is 0 Å². The molecule has 0 aliphatic heterocycles. The molecule has 1 aromatic rings. The third-order valence-corrected chi connectivity index (χ3v) is 3.14. The summed E-state index contributed by atoms with van der Waals surface area (Å²) < 4.78 is 1.02. The van der Waals surface area contributed by atoms with Crippen molar-refractivity contribution >= 4 is 21.7 Å². The Balaban J connectivity index is 1.70. The number of anilines is 1. The average Bonchev–Trinajstić information content (AvgIpc) is 3.04. The first-order valence-corrected chi connectivity index (χ1v) is 6.10. The fraction of sp³-hybridized carbons (Fsp3) is 0.545. The third-order valence-electron chi connectivity index (χ3n) is 2.67. The van der Waals surface area contributed by atoms with Crippen molar-refractivity contribution in [2.45, 2.75) is 18.9 Å². The van der Waals surface area contributed by atoms with Gasteiger partial charge in [-0.15, -0.1) is 0 Å². The molecule has 0 aromatic carbocycles. The second-order valence-electron chi connectivity index (χ2n) is 4.00. The first-order valence-electron chi connectivity index (χ1n) is 5.31. The van der Waals surface area contributed by atoms with Crippen molar-refractivity contribution in [3.8, 4) is 0 Å². The van der Waals surface area contributed by atoms with Crippen LogP contribution in [0.15, 0.2) is 22.8 Å². The molecule has 0 amide bonds. The molecule has 0 radical (unpaired) electrons. The highest BCUT2D eigenvalue weighted by atomic mass is 79.9. The summed E-state index contributed by atoms with van der Waals surface area (Å²) in [7, 11) is 2.19. The molecule has 1 heterocycles. The zero-order valence-electron chi connectivity index (χ0n) is 8.91. The normalized spacial score (nSPS) is 15.7. The van der Waals surface area contributed by atoms with Gasteiger partial charge < -0.3 is 10.2 Å². The molecule has 15 heavy (non-hydrogen) atoms. The molecule has 2 rings (SSSR count). The van der Waals surface area contributed by atoms with E-state index in [-0.39, 0.29) is 0 Å². The largest absolute Gasteiger partial charge is 0.369 e. The average molecular weight is 270 g/mol. The summed E-state index contributed by atoms with van der Waals surface area (Å²) in [6.07, 6.45) is 4.55. The van der Waals surface area contributed by atoms with Crippen LogP contribution in [0.4, 0.5) is 5.82 Å². The molecule has 1 aliphatic rings. The number of likely N-dealkylation sites (N-methyl/N-ethyl adjacent to an activating group) is 1. The minimum Gasteiger partial charge on any atom is -0.369 e. The van der Waals surface area contributed by atoms with Crippen molar-refractivity contribution in [1.29, 1.82) is 0 Å². The molecule has 82 valence electrons. The topological polar surface area (TPSA) is 28.2 Å². The zero-order chi connectivity index (χ0) is 10.7. The highest BCUT2D eigenvalue weighted by Gasteiger charge is 2.25. The van der Waals surface area contributed by atoms with Gasteiger partial charge in [-0.3, -0.25) is 0 Å². The molecule has 1 N–H and O–H groups in total. The maximum atomic E-state index is 4.26. The van der Waals surface area contributed by atoms with E-state index in [1.807, 2.05) is 18.3 Å². The molecule has 0 unspecified atom stereocenters. The predicted octanol–water partition coefficient (Wildman–Crippen LogP) is 2.35. The van der Waals surface area contributed by atoms with Crippen molar-refractivity contribution in [1.82, 2.24) is 9.88 Å². The molecular formula is C11H16BrN3. The SMILES string of the molecule is CN(CCNc1ccc(Br)cn1)C1CC1. The Kier molecular flexibility index (Phi) is 3.59. The van der Waals surface area contributed by atoms with Crippen LogP contribution in [0.3, 0.4) is 0 Å². The predicted molar refractivity (Wildman–Crippen MR) is 66.1 cm³/mol. The molecule has 0 spiro atoms. The van der Waals surface area contributed by atoms with Gasteiger partial charge >= 0.3 is 0 Å². The van der Waals surface area contributed by atoms with E-state index in [0.717, 1.165) is 29.4 Å². The summed E-state index contributed by atoms with van der Waals surface area (Å²) in [5, 5.41) is 3.31. The lowest BCUT2D eigenvalue weighted by molar-refractivity contribution is 0.337. The second-order valence-corrected chi connectivity index (χ2v) is 4.92. The van der Waals surface area contributed by atoms with Crippen LogP contribution in [0.1, 0.15) is 12.8 Å². The van der Waals surface area contributed by atoms with E-state index in [9.17, 15) is 0 Å². The van der Waals surface area contributed by atoms with Crippen LogP contribution in [-0.4, -0.2) is 36.1 Å². The lowest BCUT2D eigenvalue weighted by atomic mass is 10.4. The fourth-order valence-corrected chi connectivity index (χ4v) is 1.77. The van der Waals surface area contributed by atoms with Crippen molar-refractivity contribution in [2.75, 3.05) is 25.5 Å². The van der Waals surface area contributed by atoms with Gasteiger partial charge in [0.1, 0.15) is 5.82 Å². The Hall–Kier alpha value is -0.610. The van der Waals surface area contributed by atoms with E-state index in [4.69, 9.17) is 0 Å². The van der Waals surface area contributed by atoms with Gasteiger partial charge in [-0.25, -0.2) is 4.98 Å². The van der Waals surface area contributed by atoms with Crippen LogP contribution >= 0.6 is 15.9 Å². The standard InChI is InChI=1S/C11H16BrN3/c1-15(10-3-4-10)7-6-13-11-5-2-9(12)8-14-11/h2,5,8,10H,3-4,6-7H2,1H3,(H,13,14). The molecule has 1 fully saturated rings. The summed E-state index contributed by atoms with van der Waals surface area (Å²) in [4.78, 5) is 6.67. The number of hydrogen-bond acceptors (Lipinski definition) is 3. The van der Waals surface area contributed by atoms with Crippen LogP contribution < -0.4 is 5.32 Å². The number of hydrogen-bond donors (Lipinski definition) is 1. The Bertz CT molecular complexity index is 308. The van der Waals surface area contributed by atoms with Crippen molar-refractivity contribution in [2.24, 2.45) is 0 Å². The first kappa shape index (κ1) is 10.9. The lowest BCUT2D eigenvalue weighted by Gasteiger charge is -2.15. The van der Waals surface area contributed by atoms with Crippen LogP contribution in [0.25, 0.3) is 0 Å². The second kappa shape index (κ2) is 4.94. The smallest absolute Gasteiger partial charge is 0.126 e. The number of halogens is 1. The van der Waals surface area contributed by atoms with E-state index in [1.54, 1.807) is 0 Å². The van der Waals surface area contributed by atoms with Gasteiger partial charge in [0.05, 0.1) is 0 Å². The van der Waals surface area contributed by atoms with Gasteiger partial charge in [-0.2, -0.15) is 0 Å². The van der Waals surface area contributed by atoms with Gasteiger partial charge in [0.15, 0.2) is 0 Å². The van der Waals surface area contributed by atoms with Crippen LogP contribution in [-0.2, 0) is 0 Å². The molecule has 0 saturated heterocycles. The van der Waals surface area contributed by atoms with Crippen molar-refractivity contribution in [3.63, 3.8) is 0 Å². The van der Waals surface area contributed by atoms with E-state index >= 15 is 0 Å². The third kappa shape index (κ3) is 3.47.